The lowest BCUT2D eigenvalue weighted by Gasteiger charge is -2.17. The maximum atomic E-state index is 10.3. The first-order valence-electron chi connectivity index (χ1n) is 6.33. The molecule has 2 heterocycles. The summed E-state index contributed by atoms with van der Waals surface area (Å²) in [5.41, 5.74) is 2.35. The fourth-order valence-electron chi connectivity index (χ4n) is 2.65. The van der Waals surface area contributed by atoms with Crippen LogP contribution in [0.2, 0.25) is 5.02 Å². The number of rotatable bonds is 1. The second-order valence-corrected chi connectivity index (χ2v) is 5.59. The van der Waals surface area contributed by atoms with Crippen molar-refractivity contribution in [2.24, 2.45) is 0 Å². The highest BCUT2D eigenvalue weighted by Gasteiger charge is 2.21. The lowest BCUT2D eigenvalue weighted by atomic mass is 10.00. The number of hydrogen-bond donors (Lipinski definition) is 2. The van der Waals surface area contributed by atoms with Crippen molar-refractivity contribution in [1.29, 1.82) is 0 Å². The summed E-state index contributed by atoms with van der Waals surface area (Å²) in [5.74, 6) is 0.739. The summed E-state index contributed by atoms with van der Waals surface area (Å²) >= 11 is 6.34. The molecule has 0 atom stereocenters. The quantitative estimate of drug-likeness (QED) is 0.830. The number of aromatic hydroxyl groups is 1. The van der Waals surface area contributed by atoms with E-state index in [-0.39, 0.29) is 0 Å². The molecule has 2 aromatic rings. The summed E-state index contributed by atoms with van der Waals surface area (Å²) in [6.45, 7) is 6.77. The zero-order valence-corrected chi connectivity index (χ0v) is 11.4. The van der Waals surface area contributed by atoms with Crippen molar-refractivity contribution in [2.45, 2.75) is 32.9 Å². The van der Waals surface area contributed by atoms with Gasteiger partial charge in [-0.05, 0) is 23.6 Å². The number of benzene rings is 1. The Morgan fingerprint density at radius 1 is 1.39 bits per heavy atom. The summed E-state index contributed by atoms with van der Waals surface area (Å²) in [6, 6.07) is 4.12. The Kier molecular flexibility index (Phi) is 2.76. The fraction of sp³-hybridized carbons (Fsp3) is 0.429. The predicted octanol–water partition coefficient (Wildman–Crippen LogP) is 3.23. The molecule has 1 aliphatic heterocycles. The lowest BCUT2D eigenvalue weighted by molar-refractivity contribution is 0.396. The number of hydrogen-bond acceptors (Lipinski definition) is 2. The van der Waals surface area contributed by atoms with Crippen LogP contribution in [0.25, 0.3) is 10.8 Å². The fourth-order valence-corrected chi connectivity index (χ4v) is 2.97. The van der Waals surface area contributed by atoms with Crippen molar-refractivity contribution in [3.05, 3.63) is 28.4 Å². The molecule has 0 unspecified atom stereocenters. The van der Waals surface area contributed by atoms with Gasteiger partial charge in [0.15, 0.2) is 0 Å². The van der Waals surface area contributed by atoms with E-state index < -0.39 is 0 Å². The van der Waals surface area contributed by atoms with Gasteiger partial charge in [-0.15, -0.1) is 0 Å². The van der Waals surface area contributed by atoms with Gasteiger partial charge in [0.1, 0.15) is 0 Å². The van der Waals surface area contributed by atoms with Crippen LogP contribution in [0.3, 0.4) is 0 Å². The highest BCUT2D eigenvalue weighted by atomic mass is 35.5. The molecule has 3 rings (SSSR count). The summed E-state index contributed by atoms with van der Waals surface area (Å²) in [5, 5.41) is 16.2. The predicted molar refractivity (Wildman–Crippen MR) is 74.4 cm³/mol. The van der Waals surface area contributed by atoms with Gasteiger partial charge in [0, 0.05) is 30.7 Å². The minimum Gasteiger partial charge on any atom is -0.494 e. The third kappa shape index (κ3) is 1.62. The Bertz CT molecular complexity index is 616. The van der Waals surface area contributed by atoms with Crippen molar-refractivity contribution < 1.29 is 5.11 Å². The van der Waals surface area contributed by atoms with Crippen molar-refractivity contribution in [3.63, 3.8) is 0 Å². The molecule has 18 heavy (non-hydrogen) atoms. The van der Waals surface area contributed by atoms with E-state index in [1.54, 1.807) is 0 Å². The number of aromatic nitrogens is 1. The second-order valence-electron chi connectivity index (χ2n) is 5.18. The van der Waals surface area contributed by atoms with Crippen molar-refractivity contribution in [1.82, 2.24) is 9.88 Å². The summed E-state index contributed by atoms with van der Waals surface area (Å²) in [7, 11) is 0. The van der Waals surface area contributed by atoms with Gasteiger partial charge in [-0.2, -0.15) is 0 Å². The molecule has 0 fully saturated rings. The van der Waals surface area contributed by atoms with Crippen molar-refractivity contribution >= 4 is 22.4 Å². The van der Waals surface area contributed by atoms with Crippen molar-refractivity contribution in [2.75, 3.05) is 6.54 Å². The van der Waals surface area contributed by atoms with Gasteiger partial charge in [-0.1, -0.05) is 25.4 Å². The zero-order valence-electron chi connectivity index (χ0n) is 10.6. The molecule has 0 aliphatic carbocycles. The van der Waals surface area contributed by atoms with Crippen LogP contribution in [-0.2, 0) is 13.1 Å². The normalized spacial score (nSPS) is 15.3. The second kappa shape index (κ2) is 4.18. The molecule has 0 saturated carbocycles. The van der Waals surface area contributed by atoms with Crippen LogP contribution in [0.15, 0.2) is 12.1 Å². The Labute approximate surface area is 111 Å². The molecule has 96 valence electrons. The monoisotopic (exact) mass is 264 g/mol. The average molecular weight is 265 g/mol. The molecule has 0 bridgehead atoms. The topological polar surface area (TPSA) is 37.2 Å². The Balaban J connectivity index is 2.35. The largest absolute Gasteiger partial charge is 0.494 e. The van der Waals surface area contributed by atoms with Crippen LogP contribution < -0.4 is 5.32 Å². The van der Waals surface area contributed by atoms with E-state index in [2.05, 4.69) is 25.2 Å². The number of nitrogens with zero attached hydrogens (tertiary/aromatic N) is 1. The van der Waals surface area contributed by atoms with E-state index in [1.807, 2.05) is 10.6 Å². The maximum Gasteiger partial charge on any atom is 0.200 e. The van der Waals surface area contributed by atoms with Gasteiger partial charge in [-0.3, -0.25) is 0 Å². The Morgan fingerprint density at radius 3 is 2.89 bits per heavy atom. The molecule has 4 heteroatoms. The van der Waals surface area contributed by atoms with Crippen LogP contribution >= 0.6 is 11.6 Å². The van der Waals surface area contributed by atoms with Crippen LogP contribution in [0, 0.1) is 0 Å². The molecule has 2 N–H and O–H groups in total. The van der Waals surface area contributed by atoms with E-state index in [0.717, 1.165) is 36.1 Å². The molecular weight excluding hydrogens is 248 g/mol. The molecule has 0 spiro atoms. The van der Waals surface area contributed by atoms with Crippen LogP contribution in [0.4, 0.5) is 0 Å². The molecule has 1 aromatic heterocycles. The van der Waals surface area contributed by atoms with Crippen LogP contribution in [-0.4, -0.2) is 16.2 Å². The standard InChI is InChI=1S/C14H17ClN2O/c1-8(2)9-5-10-12-7-16-3-4-17(12)14(18)13(10)11(15)6-9/h5-6,8,16,18H,3-4,7H2,1-2H3. The van der Waals surface area contributed by atoms with Gasteiger partial charge in [-0.25, -0.2) is 0 Å². The van der Waals surface area contributed by atoms with Crippen LogP contribution in [0.5, 0.6) is 5.88 Å². The Hall–Kier alpha value is -1.19. The molecule has 1 aliphatic rings. The summed E-state index contributed by atoms with van der Waals surface area (Å²) in [6.07, 6.45) is 0. The first-order valence-corrected chi connectivity index (χ1v) is 6.71. The van der Waals surface area contributed by atoms with E-state index in [0.29, 0.717) is 16.8 Å². The van der Waals surface area contributed by atoms with E-state index >= 15 is 0 Å². The smallest absolute Gasteiger partial charge is 0.200 e. The highest BCUT2D eigenvalue weighted by molar-refractivity contribution is 6.36. The van der Waals surface area contributed by atoms with Gasteiger partial charge in [0.25, 0.3) is 0 Å². The molecule has 3 nitrogen and oxygen atoms in total. The number of fused-ring (bicyclic) bond motifs is 3. The highest BCUT2D eigenvalue weighted by Crippen LogP contribution is 2.39. The number of nitrogens with one attached hydrogen (secondary N) is 1. The molecular formula is C14H17ClN2O. The minimum atomic E-state index is 0.307. The lowest BCUT2D eigenvalue weighted by Crippen LogP contribution is -2.27. The van der Waals surface area contributed by atoms with Gasteiger partial charge < -0.3 is 15.0 Å². The summed E-state index contributed by atoms with van der Waals surface area (Å²) in [4.78, 5) is 0. The van der Waals surface area contributed by atoms with Crippen molar-refractivity contribution in [3.8, 4) is 5.88 Å². The first kappa shape index (κ1) is 11.9. The van der Waals surface area contributed by atoms with E-state index in [9.17, 15) is 5.11 Å². The zero-order chi connectivity index (χ0) is 12.9. The molecule has 0 saturated heterocycles. The number of halogens is 1. The van der Waals surface area contributed by atoms with Gasteiger partial charge in [0.2, 0.25) is 5.88 Å². The SMILES string of the molecule is CC(C)c1cc(Cl)c2c(O)n3c(c2c1)CNCC3. The maximum absolute atomic E-state index is 10.3. The Morgan fingerprint density at radius 2 is 2.17 bits per heavy atom. The summed E-state index contributed by atoms with van der Waals surface area (Å²) < 4.78 is 1.97. The van der Waals surface area contributed by atoms with E-state index in [4.69, 9.17) is 11.6 Å². The van der Waals surface area contributed by atoms with Gasteiger partial charge in [0.05, 0.1) is 10.4 Å². The van der Waals surface area contributed by atoms with Gasteiger partial charge >= 0.3 is 0 Å². The van der Waals surface area contributed by atoms with E-state index in [1.165, 1.54) is 5.56 Å². The third-order valence-corrected chi connectivity index (χ3v) is 4.00. The third-order valence-electron chi connectivity index (χ3n) is 3.70. The molecule has 0 radical (unpaired) electrons. The molecule has 0 amide bonds. The average Bonchev–Trinajstić information content (AvgIpc) is 2.64. The van der Waals surface area contributed by atoms with Crippen LogP contribution in [0.1, 0.15) is 31.0 Å². The minimum absolute atomic E-state index is 0.307. The molecule has 1 aromatic carbocycles. The first-order chi connectivity index (χ1) is 8.59.